The van der Waals surface area contributed by atoms with E-state index in [2.05, 4.69) is 9.97 Å². The van der Waals surface area contributed by atoms with E-state index in [1.165, 1.54) is 4.90 Å². The van der Waals surface area contributed by atoms with Crippen molar-refractivity contribution in [3.05, 3.63) is 46.9 Å². The molecule has 0 atom stereocenters. The molecule has 1 aromatic carbocycles. The number of alkyl halides is 3. The summed E-state index contributed by atoms with van der Waals surface area (Å²) in [5.41, 5.74) is 0.644. The normalized spacial score (nSPS) is 11.5. The summed E-state index contributed by atoms with van der Waals surface area (Å²) in [6, 6.07) is 8.19. The second-order valence-electron chi connectivity index (χ2n) is 4.28. The lowest BCUT2D eigenvalue weighted by molar-refractivity contribution is -0.141. The van der Waals surface area contributed by atoms with E-state index in [9.17, 15) is 13.2 Å². The van der Waals surface area contributed by atoms with Gasteiger partial charge in [0.25, 0.3) is 0 Å². The van der Waals surface area contributed by atoms with Gasteiger partial charge in [0, 0.05) is 18.8 Å². The van der Waals surface area contributed by atoms with Crippen molar-refractivity contribution in [1.29, 1.82) is 0 Å². The van der Waals surface area contributed by atoms with Gasteiger partial charge in [-0.05, 0) is 36.2 Å². The number of hydrogen-bond donors (Lipinski definition) is 0. The molecule has 0 saturated heterocycles. The van der Waals surface area contributed by atoms with Gasteiger partial charge in [-0.1, -0.05) is 12.1 Å². The first-order chi connectivity index (χ1) is 9.27. The third-order valence-electron chi connectivity index (χ3n) is 2.71. The fourth-order valence-electron chi connectivity index (χ4n) is 1.69. The maximum Gasteiger partial charge on any atom is 0.433 e. The monoisotopic (exact) mass is 301 g/mol. The lowest BCUT2D eigenvalue weighted by atomic mass is 10.2. The van der Waals surface area contributed by atoms with Gasteiger partial charge in [0.05, 0.1) is 0 Å². The van der Waals surface area contributed by atoms with Crippen LogP contribution in [0.15, 0.2) is 30.3 Å². The van der Waals surface area contributed by atoms with Crippen molar-refractivity contribution >= 4 is 23.1 Å². The van der Waals surface area contributed by atoms with E-state index in [4.69, 9.17) is 11.6 Å². The summed E-state index contributed by atoms with van der Waals surface area (Å²) in [6.45, 7) is 1.89. The molecule has 7 heteroatoms. The molecular weight excluding hydrogens is 291 g/mol. The van der Waals surface area contributed by atoms with Crippen LogP contribution in [-0.2, 0) is 6.18 Å². The molecule has 2 rings (SSSR count). The van der Waals surface area contributed by atoms with Crippen LogP contribution in [0.3, 0.4) is 0 Å². The molecule has 0 aliphatic heterocycles. The standard InChI is InChI=1S/C13H11ClF3N3/c1-8-4-3-5-9(6-8)20(2)11-7-10(13(15,16)17)18-12(14)19-11/h3-7H,1-2H3. The van der Waals surface area contributed by atoms with Gasteiger partial charge in [0.15, 0.2) is 5.69 Å². The first-order valence-electron chi connectivity index (χ1n) is 5.69. The molecule has 106 valence electrons. The molecule has 0 saturated carbocycles. The fraction of sp³-hybridized carbons (Fsp3) is 0.231. The van der Waals surface area contributed by atoms with Crippen molar-refractivity contribution < 1.29 is 13.2 Å². The second-order valence-corrected chi connectivity index (χ2v) is 4.61. The third-order valence-corrected chi connectivity index (χ3v) is 2.88. The van der Waals surface area contributed by atoms with Crippen molar-refractivity contribution in [3.8, 4) is 0 Å². The summed E-state index contributed by atoms with van der Waals surface area (Å²) < 4.78 is 38.1. The van der Waals surface area contributed by atoms with Crippen molar-refractivity contribution in [2.45, 2.75) is 13.1 Å². The summed E-state index contributed by atoms with van der Waals surface area (Å²) in [7, 11) is 1.62. The van der Waals surface area contributed by atoms with Crippen LogP contribution in [0, 0.1) is 6.92 Å². The van der Waals surface area contributed by atoms with Crippen molar-refractivity contribution in [1.82, 2.24) is 9.97 Å². The first-order valence-corrected chi connectivity index (χ1v) is 6.07. The molecule has 3 nitrogen and oxygen atoms in total. The van der Waals surface area contributed by atoms with Crippen LogP contribution < -0.4 is 4.90 Å². The number of benzene rings is 1. The van der Waals surface area contributed by atoms with Crippen LogP contribution in [-0.4, -0.2) is 17.0 Å². The number of rotatable bonds is 2. The van der Waals surface area contributed by atoms with E-state index in [1.807, 2.05) is 25.1 Å². The van der Waals surface area contributed by atoms with Gasteiger partial charge in [-0.3, -0.25) is 0 Å². The van der Waals surface area contributed by atoms with E-state index in [0.717, 1.165) is 11.6 Å². The summed E-state index contributed by atoms with van der Waals surface area (Å²) in [5, 5.41) is -0.436. The molecule has 0 fully saturated rings. The molecule has 2 aromatic rings. The summed E-state index contributed by atoms with van der Waals surface area (Å²) >= 11 is 5.57. The van der Waals surface area contributed by atoms with Gasteiger partial charge < -0.3 is 4.90 Å². The number of halogens is 4. The van der Waals surface area contributed by atoms with Crippen molar-refractivity contribution in [3.63, 3.8) is 0 Å². The van der Waals surface area contributed by atoms with Crippen LogP contribution in [0.25, 0.3) is 0 Å². The van der Waals surface area contributed by atoms with Crippen LogP contribution in [0.1, 0.15) is 11.3 Å². The van der Waals surface area contributed by atoms with E-state index < -0.39 is 17.2 Å². The van der Waals surface area contributed by atoms with Gasteiger partial charge in [0.2, 0.25) is 5.28 Å². The van der Waals surface area contributed by atoms with Crippen LogP contribution in [0.4, 0.5) is 24.7 Å². The Kier molecular flexibility index (Phi) is 3.85. The molecule has 0 aliphatic rings. The van der Waals surface area contributed by atoms with Gasteiger partial charge >= 0.3 is 6.18 Å². The number of aryl methyl sites for hydroxylation is 1. The minimum Gasteiger partial charge on any atom is -0.329 e. The maximum atomic E-state index is 12.7. The Hall–Kier alpha value is -1.82. The first kappa shape index (κ1) is 14.6. The molecule has 20 heavy (non-hydrogen) atoms. The Morgan fingerprint density at radius 1 is 1.15 bits per heavy atom. The highest BCUT2D eigenvalue weighted by Gasteiger charge is 2.34. The fourth-order valence-corrected chi connectivity index (χ4v) is 1.87. The molecule has 0 bridgehead atoms. The second kappa shape index (κ2) is 5.28. The minimum atomic E-state index is -4.56. The zero-order valence-electron chi connectivity index (χ0n) is 10.7. The maximum absolute atomic E-state index is 12.7. The smallest absolute Gasteiger partial charge is 0.329 e. The molecule has 1 aromatic heterocycles. The van der Waals surface area contributed by atoms with Crippen LogP contribution >= 0.6 is 11.6 Å². The molecule has 0 N–H and O–H groups in total. The zero-order valence-corrected chi connectivity index (χ0v) is 11.5. The topological polar surface area (TPSA) is 29.0 Å². The Bertz CT molecular complexity index is 628. The molecule has 0 spiro atoms. The average molecular weight is 302 g/mol. The molecule has 0 amide bonds. The van der Waals surface area contributed by atoms with Gasteiger partial charge in [-0.2, -0.15) is 13.2 Å². The minimum absolute atomic E-state index is 0.0860. The summed E-state index contributed by atoms with van der Waals surface area (Å²) in [6.07, 6.45) is -4.56. The Labute approximate surface area is 119 Å². The van der Waals surface area contributed by atoms with Crippen LogP contribution in [0.5, 0.6) is 0 Å². The molecule has 1 heterocycles. The van der Waals surface area contributed by atoms with Gasteiger partial charge in [0.1, 0.15) is 5.82 Å². The highest BCUT2D eigenvalue weighted by molar-refractivity contribution is 6.28. The zero-order chi connectivity index (χ0) is 14.9. The van der Waals surface area contributed by atoms with E-state index in [0.29, 0.717) is 5.69 Å². The Balaban J connectivity index is 2.45. The molecular formula is C13H11ClF3N3. The third kappa shape index (κ3) is 3.19. The predicted molar refractivity (Wildman–Crippen MR) is 71.3 cm³/mol. The van der Waals surface area contributed by atoms with Crippen molar-refractivity contribution in [2.24, 2.45) is 0 Å². The highest BCUT2D eigenvalue weighted by Crippen LogP contribution is 2.32. The SMILES string of the molecule is Cc1cccc(N(C)c2cc(C(F)(F)F)nc(Cl)n2)c1. The average Bonchev–Trinajstić information content (AvgIpc) is 2.36. The van der Waals surface area contributed by atoms with Crippen molar-refractivity contribution in [2.75, 3.05) is 11.9 Å². The quantitative estimate of drug-likeness (QED) is 0.778. The van der Waals surface area contributed by atoms with E-state index in [-0.39, 0.29) is 5.82 Å². The number of anilines is 2. The molecule has 0 radical (unpaired) electrons. The van der Waals surface area contributed by atoms with Gasteiger partial charge in [-0.15, -0.1) is 0 Å². The predicted octanol–water partition coefficient (Wildman–Crippen LogP) is 4.23. The Morgan fingerprint density at radius 3 is 2.45 bits per heavy atom. The van der Waals surface area contributed by atoms with Gasteiger partial charge in [-0.25, -0.2) is 9.97 Å². The Morgan fingerprint density at radius 2 is 1.85 bits per heavy atom. The summed E-state index contributed by atoms with van der Waals surface area (Å²) in [5.74, 6) is 0.0860. The van der Waals surface area contributed by atoms with Crippen LogP contribution in [0.2, 0.25) is 5.28 Å². The lowest BCUT2D eigenvalue weighted by Gasteiger charge is -2.19. The largest absolute Gasteiger partial charge is 0.433 e. The lowest BCUT2D eigenvalue weighted by Crippen LogP contribution is -2.15. The summed E-state index contributed by atoms with van der Waals surface area (Å²) in [4.78, 5) is 8.56. The number of nitrogens with zero attached hydrogens (tertiary/aromatic N) is 3. The van der Waals surface area contributed by atoms with E-state index >= 15 is 0 Å². The highest BCUT2D eigenvalue weighted by atomic mass is 35.5. The molecule has 0 unspecified atom stereocenters. The van der Waals surface area contributed by atoms with E-state index in [1.54, 1.807) is 13.1 Å². The number of hydrogen-bond acceptors (Lipinski definition) is 3. The number of aromatic nitrogens is 2. The molecule has 0 aliphatic carbocycles.